The molecule has 0 aromatic rings. The molecule has 0 aliphatic carbocycles. The average molecular weight is 207 g/mol. The van der Waals surface area contributed by atoms with Crippen molar-refractivity contribution < 1.29 is 4.57 Å². The van der Waals surface area contributed by atoms with Crippen LogP contribution >= 0.6 is 36.2 Å². The molecule has 0 heterocycles. The van der Waals surface area contributed by atoms with Gasteiger partial charge in [-0.3, -0.25) is 4.57 Å². The fourth-order valence-electron chi connectivity index (χ4n) is 0. The maximum atomic E-state index is 9.43. The van der Waals surface area contributed by atoms with Gasteiger partial charge in [-0.15, -0.1) is 0 Å². The van der Waals surface area contributed by atoms with Gasteiger partial charge in [0.1, 0.15) is 0 Å². The summed E-state index contributed by atoms with van der Waals surface area (Å²) in [5.41, 5.74) is 0. The quantitative estimate of drug-likeness (QED) is 0.557. The maximum absolute atomic E-state index is 9.43. The van der Waals surface area contributed by atoms with Crippen molar-refractivity contribution in [3.8, 4) is 0 Å². The summed E-state index contributed by atoms with van der Waals surface area (Å²) < 4.78 is 9.43. The zero-order valence-corrected chi connectivity index (χ0v) is 5.68. The highest BCUT2D eigenvalue weighted by atomic mass is 79.9. The van der Waals surface area contributed by atoms with Gasteiger partial charge in [0.2, 0.25) is 5.21 Å². The molecule has 0 saturated carbocycles. The third kappa shape index (κ3) is 11.6. The summed E-state index contributed by atoms with van der Waals surface area (Å²) >= 11 is 5.39. The first kappa shape index (κ1) is 5.06. The number of hydrogen-bond donors (Lipinski definition) is 0. The van der Waals surface area contributed by atoms with Crippen LogP contribution in [-0.2, 0) is 4.57 Å². The maximum Gasteiger partial charge on any atom is 0.211 e. The normalized spacial score (nSPS) is 6.50. The minimum atomic E-state index is -1.25. The van der Waals surface area contributed by atoms with E-state index in [1.165, 1.54) is 0 Å². The molecule has 4 heavy (non-hydrogen) atoms. The van der Waals surface area contributed by atoms with E-state index in [0.29, 0.717) is 0 Å². The summed E-state index contributed by atoms with van der Waals surface area (Å²) in [5, 5.41) is -1.25. The predicted octanol–water partition coefficient (Wildman–Crippen LogP) is 2.43. The molecule has 4 heteroatoms. The van der Waals surface area contributed by atoms with Crippen LogP contribution in [0.25, 0.3) is 0 Å². The van der Waals surface area contributed by atoms with E-state index in [2.05, 4.69) is 31.0 Å². The first-order valence-electron chi connectivity index (χ1n) is 0.521. The van der Waals surface area contributed by atoms with Gasteiger partial charge in [-0.25, -0.2) is 0 Å². The van der Waals surface area contributed by atoms with Crippen LogP contribution in [0.1, 0.15) is 0 Å². The van der Waals surface area contributed by atoms with Crippen molar-refractivity contribution in [1.82, 2.24) is 0 Å². The lowest BCUT2D eigenvalue weighted by Gasteiger charge is -1.50. The number of halogens is 2. The van der Waals surface area contributed by atoms with Gasteiger partial charge >= 0.3 is 0 Å². The van der Waals surface area contributed by atoms with Gasteiger partial charge in [0.05, 0.1) is 0 Å². The summed E-state index contributed by atoms with van der Waals surface area (Å²) in [6, 6.07) is 0. The van der Waals surface area contributed by atoms with Gasteiger partial charge in [0.25, 0.3) is 0 Å². The Morgan fingerprint density at radius 3 is 1.50 bits per heavy atom. The lowest BCUT2D eigenvalue weighted by atomic mass is 16.0. The summed E-state index contributed by atoms with van der Waals surface area (Å²) in [7, 11) is 0. The molecule has 1 nitrogen and oxygen atoms in total. The molecule has 0 spiro atoms. The molecular formula is Br2OP. The Kier molecular flexibility index (Phi) is 2.92. The molecule has 0 aliphatic heterocycles. The van der Waals surface area contributed by atoms with E-state index in [-0.39, 0.29) is 0 Å². The smallest absolute Gasteiger partial charge is 0.211 e. The van der Waals surface area contributed by atoms with Gasteiger partial charge < -0.3 is 0 Å². The van der Waals surface area contributed by atoms with Crippen molar-refractivity contribution in [1.29, 1.82) is 0 Å². The zero-order valence-electron chi connectivity index (χ0n) is 1.61. The van der Waals surface area contributed by atoms with Crippen LogP contribution in [0, 0.1) is 0 Å². The topological polar surface area (TPSA) is 17.1 Å². The van der Waals surface area contributed by atoms with Gasteiger partial charge in [0, 0.05) is 31.0 Å². The summed E-state index contributed by atoms with van der Waals surface area (Å²) in [6.45, 7) is 0. The molecule has 0 aliphatic rings. The van der Waals surface area contributed by atoms with E-state index in [9.17, 15) is 4.57 Å². The Morgan fingerprint density at radius 1 is 1.50 bits per heavy atom. The second kappa shape index (κ2) is 2.31. The Hall–Kier alpha value is 1.06. The monoisotopic (exact) mass is 205 g/mol. The molecule has 0 atom stereocenters. The molecule has 0 bridgehead atoms. The molecule has 0 amide bonds. The Balaban J connectivity index is 2.80. The molecule has 0 N–H and O–H groups in total. The summed E-state index contributed by atoms with van der Waals surface area (Å²) in [6.07, 6.45) is 0. The predicted molar refractivity (Wildman–Crippen MR) is 25.5 cm³/mol. The van der Waals surface area contributed by atoms with Gasteiger partial charge in [-0.05, 0) is 0 Å². The highest BCUT2D eigenvalue weighted by molar-refractivity contribution is 9.67. The molecule has 0 rings (SSSR count). The molecule has 0 saturated heterocycles. The Morgan fingerprint density at radius 2 is 1.50 bits per heavy atom. The van der Waals surface area contributed by atoms with Crippen LogP contribution in [0.4, 0.5) is 0 Å². The van der Waals surface area contributed by atoms with Crippen molar-refractivity contribution in [3.63, 3.8) is 0 Å². The van der Waals surface area contributed by atoms with Crippen LogP contribution in [0.2, 0.25) is 0 Å². The first-order chi connectivity index (χ1) is 1.73. The minimum absolute atomic E-state index is 1.25. The standard InChI is InChI=1S/Br2OP/c1-4(2)3. The molecule has 1 radical (unpaired) electrons. The molecule has 0 fully saturated rings. The van der Waals surface area contributed by atoms with E-state index in [1.54, 1.807) is 0 Å². The average Bonchev–Trinajstić information content (AvgIpc) is 0.811. The van der Waals surface area contributed by atoms with Crippen molar-refractivity contribution in [2.45, 2.75) is 0 Å². The SMILES string of the molecule is O=[P](Br)Br. The second-order valence-electron chi connectivity index (χ2n) is 0.202. The third-order valence-electron chi connectivity index (χ3n) is 0. The van der Waals surface area contributed by atoms with Crippen LogP contribution in [0.3, 0.4) is 0 Å². The van der Waals surface area contributed by atoms with Crippen LogP contribution in [0.5, 0.6) is 0 Å². The molecule has 0 aromatic heterocycles. The fraction of sp³-hybridized carbons (Fsp3) is 0. The molecular weight excluding hydrogens is 207 g/mol. The number of hydrogen-bond acceptors (Lipinski definition) is 1. The highest BCUT2D eigenvalue weighted by Gasteiger charge is 1.68. The lowest BCUT2D eigenvalue weighted by molar-refractivity contribution is 0.604. The fourth-order valence-corrected chi connectivity index (χ4v) is 0. The Bertz CT molecular complexity index is 29.0. The van der Waals surface area contributed by atoms with E-state index >= 15 is 0 Å². The molecule has 0 aromatic carbocycles. The van der Waals surface area contributed by atoms with Crippen molar-refractivity contribution >= 4 is 36.2 Å². The first-order valence-corrected chi connectivity index (χ1v) is 5.82. The van der Waals surface area contributed by atoms with Crippen LogP contribution < -0.4 is 0 Å². The van der Waals surface area contributed by atoms with Crippen molar-refractivity contribution in [2.75, 3.05) is 0 Å². The molecule has 0 unspecified atom stereocenters. The van der Waals surface area contributed by atoms with Crippen molar-refractivity contribution in [3.05, 3.63) is 0 Å². The Labute approximate surface area is 41.0 Å². The minimum Gasteiger partial charge on any atom is -0.262 e. The second-order valence-corrected chi connectivity index (χ2v) is 7.33. The third-order valence-corrected chi connectivity index (χ3v) is 0. The van der Waals surface area contributed by atoms with Crippen molar-refractivity contribution in [2.24, 2.45) is 0 Å². The van der Waals surface area contributed by atoms with E-state index in [4.69, 9.17) is 0 Å². The van der Waals surface area contributed by atoms with Crippen LogP contribution in [-0.4, -0.2) is 0 Å². The van der Waals surface area contributed by atoms with E-state index in [1.807, 2.05) is 0 Å². The van der Waals surface area contributed by atoms with Gasteiger partial charge in [0.15, 0.2) is 0 Å². The molecule has 25 valence electrons. The highest BCUT2D eigenvalue weighted by Crippen LogP contribution is 2.37. The lowest BCUT2D eigenvalue weighted by Crippen LogP contribution is -0.909. The summed E-state index contributed by atoms with van der Waals surface area (Å²) in [5.74, 6) is 0. The van der Waals surface area contributed by atoms with E-state index < -0.39 is 5.21 Å². The largest absolute Gasteiger partial charge is 0.262 e. The van der Waals surface area contributed by atoms with E-state index in [0.717, 1.165) is 0 Å². The van der Waals surface area contributed by atoms with Crippen LogP contribution in [0.15, 0.2) is 0 Å². The summed E-state index contributed by atoms with van der Waals surface area (Å²) in [4.78, 5) is 0. The van der Waals surface area contributed by atoms with Gasteiger partial charge in [-0.1, -0.05) is 0 Å². The zero-order chi connectivity index (χ0) is 3.58. The number of rotatable bonds is 0. The van der Waals surface area contributed by atoms with Gasteiger partial charge in [-0.2, -0.15) is 0 Å².